The maximum atomic E-state index is 12.8. The molecule has 6 heteroatoms. The summed E-state index contributed by atoms with van der Waals surface area (Å²) in [6, 6.07) is 5.81. The molecule has 1 N–H and O–H groups in total. The quantitative estimate of drug-likeness (QED) is 0.904. The summed E-state index contributed by atoms with van der Waals surface area (Å²) in [6.07, 6.45) is 1.85. The molecule has 3 rings (SSSR count). The van der Waals surface area contributed by atoms with Gasteiger partial charge in [0.1, 0.15) is 0 Å². The van der Waals surface area contributed by atoms with E-state index in [0.717, 1.165) is 36.3 Å². The van der Waals surface area contributed by atoms with Crippen LogP contribution < -0.4 is 0 Å². The van der Waals surface area contributed by atoms with Gasteiger partial charge in [0.2, 0.25) is 0 Å². The molecule has 1 saturated heterocycles. The molecule has 0 spiro atoms. The van der Waals surface area contributed by atoms with E-state index in [2.05, 4.69) is 10.4 Å². The van der Waals surface area contributed by atoms with Crippen LogP contribution in [0.1, 0.15) is 28.9 Å². The fourth-order valence-electron chi connectivity index (χ4n) is 3.01. The number of aliphatic hydroxyl groups is 1. The molecular formula is C18H22N2O3S. The van der Waals surface area contributed by atoms with Crippen molar-refractivity contribution in [2.45, 2.75) is 25.9 Å². The van der Waals surface area contributed by atoms with Crippen molar-refractivity contribution in [3.05, 3.63) is 40.2 Å². The number of amides is 1. The number of hydrogen-bond donors (Lipinski definition) is 1. The van der Waals surface area contributed by atoms with Crippen molar-refractivity contribution in [1.29, 1.82) is 0 Å². The van der Waals surface area contributed by atoms with Gasteiger partial charge in [0.25, 0.3) is 5.91 Å². The van der Waals surface area contributed by atoms with Crippen LogP contribution in [-0.4, -0.2) is 53.3 Å². The monoisotopic (exact) mass is 346 g/mol. The zero-order chi connectivity index (χ0) is 16.9. The molecule has 1 amide bonds. The second-order valence-corrected chi connectivity index (χ2v) is 6.73. The van der Waals surface area contributed by atoms with Crippen LogP contribution in [0.5, 0.6) is 0 Å². The summed E-state index contributed by atoms with van der Waals surface area (Å²) in [5.74, 6) is 0.00849. The molecule has 0 aromatic carbocycles. The zero-order valence-corrected chi connectivity index (χ0v) is 14.6. The molecule has 2 aromatic heterocycles. The number of aryl methyl sites for hydroxylation is 1. The van der Waals surface area contributed by atoms with Gasteiger partial charge < -0.3 is 14.7 Å². The van der Waals surface area contributed by atoms with Crippen molar-refractivity contribution >= 4 is 17.2 Å². The molecule has 128 valence electrons. The van der Waals surface area contributed by atoms with E-state index in [0.29, 0.717) is 18.7 Å². The largest absolute Gasteiger partial charge is 0.394 e. The molecule has 0 aliphatic carbocycles. The third-order valence-corrected chi connectivity index (χ3v) is 4.93. The highest BCUT2D eigenvalue weighted by atomic mass is 32.1. The Morgan fingerprint density at radius 2 is 2.33 bits per heavy atom. The summed E-state index contributed by atoms with van der Waals surface area (Å²) in [4.78, 5) is 19.2. The standard InChI is InChI=1S/C18H22N2O3S/c1-13-16(4-5-17(19-13)14-6-10-24-12-14)18(22)20-7-2-3-15(11-20)23-9-8-21/h4-6,10,12,15,21H,2-3,7-9,11H2,1H3. The van der Waals surface area contributed by atoms with E-state index in [4.69, 9.17) is 9.84 Å². The number of rotatable bonds is 5. The van der Waals surface area contributed by atoms with Gasteiger partial charge in [-0.1, -0.05) is 0 Å². The van der Waals surface area contributed by atoms with Gasteiger partial charge in [0.15, 0.2) is 0 Å². The van der Waals surface area contributed by atoms with Crippen LogP contribution in [0.3, 0.4) is 0 Å². The Balaban J connectivity index is 1.72. The Hall–Kier alpha value is -1.76. The summed E-state index contributed by atoms with van der Waals surface area (Å²) >= 11 is 1.63. The number of carbonyl (C=O) groups is 1. The van der Waals surface area contributed by atoms with E-state index >= 15 is 0 Å². The van der Waals surface area contributed by atoms with Gasteiger partial charge in [-0.15, -0.1) is 0 Å². The molecule has 1 aliphatic rings. The number of aromatic nitrogens is 1. The smallest absolute Gasteiger partial charge is 0.255 e. The van der Waals surface area contributed by atoms with Crippen LogP contribution in [0.15, 0.2) is 29.0 Å². The number of carbonyl (C=O) groups excluding carboxylic acids is 1. The molecule has 1 unspecified atom stereocenters. The Labute approximate surface area is 145 Å². The Bertz CT molecular complexity index is 688. The average Bonchev–Trinajstić information content (AvgIpc) is 3.14. The Morgan fingerprint density at radius 1 is 1.46 bits per heavy atom. The van der Waals surface area contributed by atoms with Crippen molar-refractivity contribution in [2.75, 3.05) is 26.3 Å². The lowest BCUT2D eigenvalue weighted by atomic mass is 10.1. The molecular weight excluding hydrogens is 324 g/mol. The van der Waals surface area contributed by atoms with E-state index in [1.54, 1.807) is 11.3 Å². The summed E-state index contributed by atoms with van der Waals surface area (Å²) < 4.78 is 5.59. The number of pyridine rings is 1. The number of piperidine rings is 1. The minimum absolute atomic E-state index is 0.00759. The SMILES string of the molecule is Cc1nc(-c2ccsc2)ccc1C(=O)N1CCCC(OCCO)C1. The summed E-state index contributed by atoms with van der Waals surface area (Å²) in [6.45, 7) is 3.53. The second kappa shape index (κ2) is 7.88. The summed E-state index contributed by atoms with van der Waals surface area (Å²) in [5.41, 5.74) is 3.38. The molecule has 3 heterocycles. The minimum atomic E-state index is 0.00759. The lowest BCUT2D eigenvalue weighted by molar-refractivity contribution is -0.0110. The number of thiophene rings is 1. The molecule has 1 aliphatic heterocycles. The van der Waals surface area contributed by atoms with Gasteiger partial charge in [-0.05, 0) is 43.3 Å². The van der Waals surface area contributed by atoms with Gasteiger partial charge in [-0.25, -0.2) is 0 Å². The minimum Gasteiger partial charge on any atom is -0.394 e. The molecule has 0 radical (unpaired) electrons. The highest BCUT2D eigenvalue weighted by Crippen LogP contribution is 2.23. The fourth-order valence-corrected chi connectivity index (χ4v) is 3.66. The summed E-state index contributed by atoms with van der Waals surface area (Å²) in [5, 5.41) is 12.9. The highest BCUT2D eigenvalue weighted by Gasteiger charge is 2.26. The van der Waals surface area contributed by atoms with E-state index in [1.165, 1.54) is 0 Å². The van der Waals surface area contributed by atoms with E-state index in [-0.39, 0.29) is 18.6 Å². The predicted octanol–water partition coefficient (Wildman–Crippen LogP) is 2.73. The number of aliphatic hydroxyl groups excluding tert-OH is 1. The van der Waals surface area contributed by atoms with Gasteiger partial charge in [-0.2, -0.15) is 11.3 Å². The van der Waals surface area contributed by atoms with Crippen molar-refractivity contribution in [3.63, 3.8) is 0 Å². The zero-order valence-electron chi connectivity index (χ0n) is 13.8. The number of hydrogen-bond acceptors (Lipinski definition) is 5. The lowest BCUT2D eigenvalue weighted by Crippen LogP contribution is -2.43. The summed E-state index contributed by atoms with van der Waals surface area (Å²) in [7, 11) is 0. The molecule has 1 atom stereocenters. The van der Waals surface area contributed by atoms with E-state index < -0.39 is 0 Å². The molecule has 2 aromatic rings. The van der Waals surface area contributed by atoms with Crippen LogP contribution in [0.4, 0.5) is 0 Å². The topological polar surface area (TPSA) is 62.7 Å². The van der Waals surface area contributed by atoms with Gasteiger partial charge in [0.05, 0.1) is 36.3 Å². The Morgan fingerprint density at radius 3 is 3.04 bits per heavy atom. The van der Waals surface area contributed by atoms with E-state index in [9.17, 15) is 4.79 Å². The van der Waals surface area contributed by atoms with Crippen LogP contribution in [-0.2, 0) is 4.74 Å². The molecule has 0 saturated carbocycles. The van der Waals surface area contributed by atoms with Crippen molar-refractivity contribution < 1.29 is 14.6 Å². The first-order chi connectivity index (χ1) is 11.7. The molecule has 24 heavy (non-hydrogen) atoms. The molecule has 5 nitrogen and oxygen atoms in total. The first kappa shape index (κ1) is 17.1. The second-order valence-electron chi connectivity index (χ2n) is 5.95. The van der Waals surface area contributed by atoms with Gasteiger partial charge in [0, 0.05) is 24.0 Å². The lowest BCUT2D eigenvalue weighted by Gasteiger charge is -2.32. The predicted molar refractivity (Wildman–Crippen MR) is 94.3 cm³/mol. The fraction of sp³-hybridized carbons (Fsp3) is 0.444. The van der Waals surface area contributed by atoms with Gasteiger partial charge in [-0.3, -0.25) is 9.78 Å². The van der Waals surface area contributed by atoms with Gasteiger partial charge >= 0.3 is 0 Å². The number of likely N-dealkylation sites (tertiary alicyclic amines) is 1. The first-order valence-corrected chi connectivity index (χ1v) is 9.15. The highest BCUT2D eigenvalue weighted by molar-refractivity contribution is 7.08. The molecule has 1 fully saturated rings. The third-order valence-electron chi connectivity index (χ3n) is 4.24. The maximum absolute atomic E-state index is 12.8. The normalized spacial score (nSPS) is 17.9. The van der Waals surface area contributed by atoms with Crippen molar-refractivity contribution in [3.8, 4) is 11.3 Å². The van der Waals surface area contributed by atoms with Crippen LogP contribution in [0.25, 0.3) is 11.3 Å². The van der Waals surface area contributed by atoms with Crippen LogP contribution >= 0.6 is 11.3 Å². The Kier molecular flexibility index (Phi) is 5.60. The maximum Gasteiger partial charge on any atom is 0.255 e. The third kappa shape index (κ3) is 3.83. The molecule has 0 bridgehead atoms. The van der Waals surface area contributed by atoms with Crippen molar-refractivity contribution in [2.24, 2.45) is 0 Å². The average molecular weight is 346 g/mol. The number of nitrogens with zero attached hydrogens (tertiary/aromatic N) is 2. The van der Waals surface area contributed by atoms with Crippen LogP contribution in [0, 0.1) is 6.92 Å². The van der Waals surface area contributed by atoms with Crippen LogP contribution in [0.2, 0.25) is 0 Å². The van der Waals surface area contributed by atoms with E-state index in [1.807, 2.05) is 35.4 Å². The van der Waals surface area contributed by atoms with Crippen molar-refractivity contribution in [1.82, 2.24) is 9.88 Å². The first-order valence-electron chi connectivity index (χ1n) is 8.21. The number of ether oxygens (including phenoxy) is 1.